The van der Waals surface area contributed by atoms with Crippen LogP contribution in [0.2, 0.25) is 0 Å². The first-order valence-electron chi connectivity index (χ1n) is 6.92. The summed E-state index contributed by atoms with van der Waals surface area (Å²) in [5, 5.41) is 6.41. The molecule has 0 unspecified atom stereocenters. The highest BCUT2D eigenvalue weighted by molar-refractivity contribution is 5.79. The molecule has 2 N–H and O–H groups in total. The van der Waals surface area contributed by atoms with Crippen molar-refractivity contribution in [2.75, 3.05) is 7.05 Å². The number of rotatable bonds is 4. The molecule has 2 aromatic carbocycles. The molecule has 0 amide bonds. The second kappa shape index (κ2) is 7.43. The number of hydrogen-bond donors (Lipinski definition) is 2. The van der Waals surface area contributed by atoms with Gasteiger partial charge in [0.1, 0.15) is 5.82 Å². The first-order valence-corrected chi connectivity index (χ1v) is 6.92. The summed E-state index contributed by atoms with van der Waals surface area (Å²) in [6.07, 6.45) is 0. The number of hydrogen-bond acceptors (Lipinski definition) is 1. The minimum atomic E-state index is -0.225. The van der Waals surface area contributed by atoms with E-state index in [0.29, 0.717) is 19.0 Å². The number of aryl methyl sites for hydroxylation is 1. The molecule has 0 aliphatic rings. The molecule has 0 bridgehead atoms. The fraction of sp³-hybridized carbons (Fsp3) is 0.235. The van der Waals surface area contributed by atoms with E-state index in [1.165, 1.54) is 23.3 Å². The Labute approximate surface area is 124 Å². The topological polar surface area (TPSA) is 36.4 Å². The van der Waals surface area contributed by atoms with Crippen molar-refractivity contribution in [2.24, 2.45) is 4.99 Å². The Bertz CT molecular complexity index is 571. The summed E-state index contributed by atoms with van der Waals surface area (Å²) in [6, 6.07) is 14.8. The fourth-order valence-electron chi connectivity index (χ4n) is 2.06. The van der Waals surface area contributed by atoms with Gasteiger partial charge in [-0.05, 0) is 30.2 Å². The molecule has 3 nitrogen and oxygen atoms in total. The van der Waals surface area contributed by atoms with Crippen LogP contribution in [0.15, 0.2) is 53.5 Å². The third-order valence-corrected chi connectivity index (χ3v) is 3.12. The zero-order valence-corrected chi connectivity index (χ0v) is 12.4. The Hall–Kier alpha value is -2.36. The van der Waals surface area contributed by atoms with Gasteiger partial charge in [0.25, 0.3) is 0 Å². The van der Waals surface area contributed by atoms with Crippen LogP contribution in [-0.2, 0) is 13.1 Å². The van der Waals surface area contributed by atoms with Crippen LogP contribution in [0.4, 0.5) is 4.39 Å². The molecule has 0 radical (unpaired) electrons. The molecule has 0 saturated heterocycles. The quantitative estimate of drug-likeness (QED) is 0.669. The van der Waals surface area contributed by atoms with E-state index < -0.39 is 0 Å². The van der Waals surface area contributed by atoms with Crippen LogP contribution in [0.5, 0.6) is 0 Å². The molecule has 0 saturated carbocycles. The zero-order chi connectivity index (χ0) is 15.1. The summed E-state index contributed by atoms with van der Waals surface area (Å²) in [4.78, 5) is 4.16. The van der Waals surface area contributed by atoms with Crippen molar-refractivity contribution in [3.8, 4) is 0 Å². The second-order valence-electron chi connectivity index (χ2n) is 4.90. The minimum absolute atomic E-state index is 0.225. The molecule has 110 valence electrons. The molecule has 0 aromatic heterocycles. The van der Waals surface area contributed by atoms with Gasteiger partial charge in [-0.3, -0.25) is 4.99 Å². The van der Waals surface area contributed by atoms with E-state index in [9.17, 15) is 4.39 Å². The van der Waals surface area contributed by atoms with Crippen LogP contribution in [0.25, 0.3) is 0 Å². The van der Waals surface area contributed by atoms with Gasteiger partial charge in [0.15, 0.2) is 5.96 Å². The first kappa shape index (κ1) is 15.0. The summed E-state index contributed by atoms with van der Waals surface area (Å²) in [6.45, 7) is 3.30. The van der Waals surface area contributed by atoms with E-state index in [-0.39, 0.29) is 5.82 Å². The molecular weight excluding hydrogens is 265 g/mol. The Kier molecular flexibility index (Phi) is 5.32. The normalized spacial score (nSPS) is 11.3. The Morgan fingerprint density at radius 2 is 1.62 bits per heavy atom. The standard InChI is InChI=1S/C17H20FN3/c1-13-5-3-6-14(9-13)11-20-17(19-2)21-12-15-7-4-8-16(18)10-15/h3-10H,11-12H2,1-2H3,(H2,19,20,21). The van der Waals surface area contributed by atoms with Gasteiger partial charge in [0, 0.05) is 20.1 Å². The third kappa shape index (κ3) is 4.91. The first-order chi connectivity index (χ1) is 10.2. The third-order valence-electron chi connectivity index (χ3n) is 3.12. The molecule has 0 fully saturated rings. The van der Waals surface area contributed by atoms with E-state index >= 15 is 0 Å². The maximum Gasteiger partial charge on any atom is 0.191 e. The Morgan fingerprint density at radius 1 is 1.00 bits per heavy atom. The van der Waals surface area contributed by atoms with Gasteiger partial charge < -0.3 is 10.6 Å². The van der Waals surface area contributed by atoms with E-state index in [1.54, 1.807) is 13.1 Å². The van der Waals surface area contributed by atoms with Crippen LogP contribution in [0.1, 0.15) is 16.7 Å². The highest BCUT2D eigenvalue weighted by Crippen LogP contribution is 2.04. The summed E-state index contributed by atoms with van der Waals surface area (Å²) in [7, 11) is 1.72. The van der Waals surface area contributed by atoms with Gasteiger partial charge in [-0.2, -0.15) is 0 Å². The zero-order valence-electron chi connectivity index (χ0n) is 12.4. The number of halogens is 1. The van der Waals surface area contributed by atoms with E-state index in [2.05, 4.69) is 40.7 Å². The molecule has 0 aliphatic carbocycles. The minimum Gasteiger partial charge on any atom is -0.352 e. The molecule has 0 aliphatic heterocycles. The molecular formula is C17H20FN3. The SMILES string of the molecule is CN=C(NCc1cccc(C)c1)NCc1cccc(F)c1. The molecule has 21 heavy (non-hydrogen) atoms. The smallest absolute Gasteiger partial charge is 0.191 e. The molecule has 0 spiro atoms. The molecule has 2 aromatic rings. The molecule has 0 heterocycles. The van der Waals surface area contributed by atoms with E-state index in [1.807, 2.05) is 12.1 Å². The van der Waals surface area contributed by atoms with Crippen LogP contribution in [-0.4, -0.2) is 13.0 Å². The van der Waals surface area contributed by atoms with Crippen molar-refractivity contribution in [3.05, 3.63) is 71.0 Å². The Balaban J connectivity index is 1.86. The van der Waals surface area contributed by atoms with Crippen LogP contribution < -0.4 is 10.6 Å². The summed E-state index contributed by atoms with van der Waals surface area (Å²) >= 11 is 0. The lowest BCUT2D eigenvalue weighted by Crippen LogP contribution is -2.36. The summed E-state index contributed by atoms with van der Waals surface area (Å²) in [5.41, 5.74) is 3.31. The number of aliphatic imine (C=N–C) groups is 1. The Morgan fingerprint density at radius 3 is 2.19 bits per heavy atom. The average molecular weight is 285 g/mol. The largest absolute Gasteiger partial charge is 0.352 e. The number of benzene rings is 2. The van der Waals surface area contributed by atoms with Gasteiger partial charge in [-0.15, -0.1) is 0 Å². The van der Waals surface area contributed by atoms with Crippen molar-refractivity contribution in [2.45, 2.75) is 20.0 Å². The lowest BCUT2D eigenvalue weighted by Gasteiger charge is -2.12. The van der Waals surface area contributed by atoms with E-state index in [4.69, 9.17) is 0 Å². The van der Waals surface area contributed by atoms with Crippen molar-refractivity contribution >= 4 is 5.96 Å². The van der Waals surface area contributed by atoms with Crippen LogP contribution in [0, 0.1) is 12.7 Å². The predicted molar refractivity (Wildman–Crippen MR) is 84.6 cm³/mol. The van der Waals surface area contributed by atoms with Gasteiger partial charge in [0.05, 0.1) is 0 Å². The van der Waals surface area contributed by atoms with E-state index in [0.717, 1.165) is 5.56 Å². The number of guanidine groups is 1. The molecule has 0 atom stereocenters. The summed E-state index contributed by atoms with van der Waals surface area (Å²) < 4.78 is 13.1. The van der Waals surface area contributed by atoms with Crippen molar-refractivity contribution in [3.63, 3.8) is 0 Å². The maximum absolute atomic E-state index is 13.1. The van der Waals surface area contributed by atoms with Crippen molar-refractivity contribution in [1.29, 1.82) is 0 Å². The molecule has 4 heteroatoms. The predicted octanol–water partition coefficient (Wildman–Crippen LogP) is 3.00. The monoisotopic (exact) mass is 285 g/mol. The van der Waals surface area contributed by atoms with Gasteiger partial charge in [0.2, 0.25) is 0 Å². The second-order valence-corrected chi connectivity index (χ2v) is 4.90. The highest BCUT2D eigenvalue weighted by Gasteiger charge is 2.00. The number of nitrogens with one attached hydrogen (secondary N) is 2. The fourth-order valence-corrected chi connectivity index (χ4v) is 2.06. The van der Waals surface area contributed by atoms with Gasteiger partial charge in [-0.1, -0.05) is 42.0 Å². The van der Waals surface area contributed by atoms with Crippen molar-refractivity contribution in [1.82, 2.24) is 10.6 Å². The maximum atomic E-state index is 13.1. The van der Waals surface area contributed by atoms with Crippen LogP contribution in [0.3, 0.4) is 0 Å². The number of nitrogens with zero attached hydrogens (tertiary/aromatic N) is 1. The molecule has 2 rings (SSSR count). The lowest BCUT2D eigenvalue weighted by atomic mass is 10.1. The highest BCUT2D eigenvalue weighted by atomic mass is 19.1. The lowest BCUT2D eigenvalue weighted by molar-refractivity contribution is 0.624. The van der Waals surface area contributed by atoms with Gasteiger partial charge >= 0.3 is 0 Å². The summed E-state index contributed by atoms with van der Waals surface area (Å²) in [5.74, 6) is 0.470. The van der Waals surface area contributed by atoms with Crippen molar-refractivity contribution < 1.29 is 4.39 Å². The van der Waals surface area contributed by atoms with Gasteiger partial charge in [-0.25, -0.2) is 4.39 Å². The average Bonchev–Trinajstić information content (AvgIpc) is 2.47. The van der Waals surface area contributed by atoms with Crippen LogP contribution >= 0.6 is 0 Å².